The van der Waals surface area contributed by atoms with Crippen LogP contribution in [0.5, 0.6) is 5.75 Å². The van der Waals surface area contributed by atoms with Crippen LogP contribution >= 0.6 is 11.6 Å². The summed E-state index contributed by atoms with van der Waals surface area (Å²) in [5.41, 5.74) is 0.804. The van der Waals surface area contributed by atoms with Gasteiger partial charge in [-0.2, -0.15) is 0 Å². The Balaban J connectivity index is 2.59. The zero-order valence-corrected chi connectivity index (χ0v) is 9.05. The van der Waals surface area contributed by atoms with Crippen molar-refractivity contribution in [3.63, 3.8) is 0 Å². The Morgan fingerprint density at radius 3 is 2.79 bits per heavy atom. The highest BCUT2D eigenvalue weighted by Gasteiger charge is 2.01. The van der Waals surface area contributed by atoms with Crippen LogP contribution in [0, 0.1) is 0 Å². The Labute approximate surface area is 89.5 Å². The SMILES string of the molecule is CCCCOc1ccc(CO)cc1Cl. The second kappa shape index (κ2) is 5.89. The molecule has 0 saturated heterocycles. The third-order valence-electron chi connectivity index (χ3n) is 1.93. The summed E-state index contributed by atoms with van der Waals surface area (Å²) in [6.45, 7) is 2.81. The fraction of sp³-hybridized carbons (Fsp3) is 0.455. The van der Waals surface area contributed by atoms with Gasteiger partial charge in [0, 0.05) is 0 Å². The molecule has 0 aliphatic rings. The van der Waals surface area contributed by atoms with Crippen molar-refractivity contribution in [3.8, 4) is 5.75 Å². The predicted octanol–water partition coefficient (Wildman–Crippen LogP) is 3.01. The lowest BCUT2D eigenvalue weighted by atomic mass is 10.2. The van der Waals surface area contributed by atoms with E-state index in [1.807, 2.05) is 6.07 Å². The zero-order valence-electron chi connectivity index (χ0n) is 8.29. The van der Waals surface area contributed by atoms with Crippen molar-refractivity contribution in [1.29, 1.82) is 0 Å². The van der Waals surface area contributed by atoms with Crippen molar-refractivity contribution in [2.75, 3.05) is 6.61 Å². The van der Waals surface area contributed by atoms with Gasteiger partial charge in [-0.25, -0.2) is 0 Å². The summed E-state index contributed by atoms with van der Waals surface area (Å²) in [6, 6.07) is 5.33. The summed E-state index contributed by atoms with van der Waals surface area (Å²) in [6.07, 6.45) is 2.13. The zero-order chi connectivity index (χ0) is 10.4. The molecule has 1 aromatic carbocycles. The second-order valence-electron chi connectivity index (χ2n) is 3.12. The molecule has 0 aliphatic heterocycles. The smallest absolute Gasteiger partial charge is 0.137 e. The average molecular weight is 215 g/mol. The van der Waals surface area contributed by atoms with Crippen LogP contribution in [0.1, 0.15) is 25.3 Å². The molecule has 0 atom stereocenters. The molecule has 1 N–H and O–H groups in total. The Bertz CT molecular complexity index is 287. The summed E-state index contributed by atoms with van der Waals surface area (Å²) in [5.74, 6) is 0.692. The maximum atomic E-state index is 8.87. The van der Waals surface area contributed by atoms with E-state index in [1.165, 1.54) is 0 Å². The first-order chi connectivity index (χ1) is 6.77. The van der Waals surface area contributed by atoms with Crippen LogP contribution < -0.4 is 4.74 Å². The number of rotatable bonds is 5. The molecule has 0 radical (unpaired) electrons. The van der Waals surface area contributed by atoms with Crippen molar-refractivity contribution in [3.05, 3.63) is 28.8 Å². The standard InChI is InChI=1S/C11H15ClO2/c1-2-3-6-14-11-5-4-9(8-13)7-10(11)12/h4-5,7,13H,2-3,6,8H2,1H3. The molecular formula is C11H15ClO2. The van der Waals surface area contributed by atoms with E-state index in [-0.39, 0.29) is 6.61 Å². The van der Waals surface area contributed by atoms with Crippen LogP contribution in [0.15, 0.2) is 18.2 Å². The van der Waals surface area contributed by atoms with Gasteiger partial charge >= 0.3 is 0 Å². The van der Waals surface area contributed by atoms with Gasteiger partial charge in [-0.15, -0.1) is 0 Å². The number of halogens is 1. The molecule has 1 aromatic rings. The number of hydrogen-bond donors (Lipinski definition) is 1. The Morgan fingerprint density at radius 1 is 1.43 bits per heavy atom. The minimum atomic E-state index is 0.00889. The molecule has 0 spiro atoms. The summed E-state index contributed by atoms with van der Waals surface area (Å²) in [5, 5.41) is 9.43. The van der Waals surface area contributed by atoms with E-state index in [9.17, 15) is 0 Å². The number of aliphatic hydroxyl groups is 1. The van der Waals surface area contributed by atoms with Gasteiger partial charge in [0.05, 0.1) is 18.2 Å². The van der Waals surface area contributed by atoms with Crippen molar-refractivity contribution < 1.29 is 9.84 Å². The molecule has 0 aromatic heterocycles. The molecule has 0 aliphatic carbocycles. The molecule has 0 heterocycles. The Morgan fingerprint density at radius 2 is 2.21 bits per heavy atom. The van der Waals surface area contributed by atoms with Gasteiger partial charge in [0.25, 0.3) is 0 Å². The maximum Gasteiger partial charge on any atom is 0.137 e. The van der Waals surface area contributed by atoms with Gasteiger partial charge in [-0.1, -0.05) is 31.0 Å². The molecule has 1 rings (SSSR count). The molecule has 0 bridgehead atoms. The molecule has 2 nitrogen and oxygen atoms in total. The van der Waals surface area contributed by atoms with Gasteiger partial charge in [0.1, 0.15) is 5.75 Å². The van der Waals surface area contributed by atoms with Crippen LogP contribution in [0.3, 0.4) is 0 Å². The highest BCUT2D eigenvalue weighted by Crippen LogP contribution is 2.25. The van der Waals surface area contributed by atoms with Crippen molar-refractivity contribution in [2.24, 2.45) is 0 Å². The third kappa shape index (κ3) is 3.20. The third-order valence-corrected chi connectivity index (χ3v) is 2.23. The van der Waals surface area contributed by atoms with Crippen LogP contribution in [-0.4, -0.2) is 11.7 Å². The molecule has 0 saturated carbocycles. The highest BCUT2D eigenvalue weighted by molar-refractivity contribution is 6.32. The van der Waals surface area contributed by atoms with E-state index in [0.29, 0.717) is 17.4 Å². The lowest BCUT2D eigenvalue weighted by molar-refractivity contribution is 0.281. The van der Waals surface area contributed by atoms with E-state index >= 15 is 0 Å². The quantitative estimate of drug-likeness (QED) is 0.764. The van der Waals surface area contributed by atoms with Gasteiger partial charge < -0.3 is 9.84 Å². The van der Waals surface area contributed by atoms with Crippen molar-refractivity contribution >= 4 is 11.6 Å². The van der Waals surface area contributed by atoms with Gasteiger partial charge in [-0.3, -0.25) is 0 Å². The Hall–Kier alpha value is -0.730. The first-order valence-electron chi connectivity index (χ1n) is 4.80. The van der Waals surface area contributed by atoms with E-state index < -0.39 is 0 Å². The van der Waals surface area contributed by atoms with Crippen LogP contribution in [-0.2, 0) is 6.61 Å². The minimum absolute atomic E-state index is 0.00889. The molecule has 0 amide bonds. The monoisotopic (exact) mass is 214 g/mol. The van der Waals surface area contributed by atoms with Gasteiger partial charge in [-0.05, 0) is 24.1 Å². The van der Waals surface area contributed by atoms with Crippen LogP contribution in [0.2, 0.25) is 5.02 Å². The van der Waals surface area contributed by atoms with Crippen LogP contribution in [0.25, 0.3) is 0 Å². The molecule has 14 heavy (non-hydrogen) atoms. The second-order valence-corrected chi connectivity index (χ2v) is 3.53. The topological polar surface area (TPSA) is 29.5 Å². The number of hydrogen-bond acceptors (Lipinski definition) is 2. The van der Waals surface area contributed by atoms with Crippen molar-refractivity contribution in [2.45, 2.75) is 26.4 Å². The average Bonchev–Trinajstić information content (AvgIpc) is 2.20. The van der Waals surface area contributed by atoms with Crippen LogP contribution in [0.4, 0.5) is 0 Å². The molecule has 0 unspecified atom stereocenters. The van der Waals surface area contributed by atoms with Gasteiger partial charge in [0.2, 0.25) is 0 Å². The van der Waals surface area contributed by atoms with E-state index in [4.69, 9.17) is 21.4 Å². The number of aliphatic hydroxyl groups excluding tert-OH is 1. The first kappa shape index (κ1) is 11.3. The first-order valence-corrected chi connectivity index (χ1v) is 5.17. The fourth-order valence-electron chi connectivity index (χ4n) is 1.09. The minimum Gasteiger partial charge on any atom is -0.492 e. The normalized spacial score (nSPS) is 10.2. The lowest BCUT2D eigenvalue weighted by Gasteiger charge is -2.07. The molecular weight excluding hydrogens is 200 g/mol. The largest absolute Gasteiger partial charge is 0.492 e. The summed E-state index contributed by atoms with van der Waals surface area (Å²) in [7, 11) is 0. The predicted molar refractivity (Wildman–Crippen MR) is 57.8 cm³/mol. The van der Waals surface area contributed by atoms with E-state index in [2.05, 4.69) is 6.92 Å². The number of benzene rings is 1. The molecule has 78 valence electrons. The van der Waals surface area contributed by atoms with Gasteiger partial charge in [0.15, 0.2) is 0 Å². The lowest BCUT2D eigenvalue weighted by Crippen LogP contribution is -1.97. The summed E-state index contributed by atoms with van der Waals surface area (Å²) in [4.78, 5) is 0. The molecule has 3 heteroatoms. The summed E-state index contributed by atoms with van der Waals surface area (Å²) >= 11 is 5.95. The summed E-state index contributed by atoms with van der Waals surface area (Å²) < 4.78 is 5.46. The maximum absolute atomic E-state index is 8.87. The fourth-order valence-corrected chi connectivity index (χ4v) is 1.34. The number of unbranched alkanes of at least 4 members (excludes halogenated alkanes) is 1. The highest BCUT2D eigenvalue weighted by atomic mass is 35.5. The Kier molecular flexibility index (Phi) is 4.77. The van der Waals surface area contributed by atoms with E-state index in [1.54, 1.807) is 12.1 Å². The van der Waals surface area contributed by atoms with Crippen molar-refractivity contribution in [1.82, 2.24) is 0 Å². The molecule has 0 fully saturated rings. The van der Waals surface area contributed by atoms with E-state index in [0.717, 1.165) is 18.4 Å². The number of ether oxygens (including phenoxy) is 1.